The van der Waals surface area contributed by atoms with Crippen LogP contribution in [0.1, 0.15) is 16.7 Å². The minimum absolute atomic E-state index is 0.0849. The fourth-order valence-corrected chi connectivity index (χ4v) is 1.82. The van der Waals surface area contributed by atoms with E-state index in [9.17, 15) is 10.1 Å². The Morgan fingerprint density at radius 1 is 1.32 bits per heavy atom. The van der Waals surface area contributed by atoms with Gasteiger partial charge < -0.3 is 5.32 Å². The van der Waals surface area contributed by atoms with Gasteiger partial charge >= 0.3 is 0 Å². The van der Waals surface area contributed by atoms with Crippen LogP contribution in [0, 0.1) is 24.0 Å². The SMILES string of the molecule is Cc1cccc(CNc2cc([N+](=O)[O-])c(C)cn2)c1. The Morgan fingerprint density at radius 3 is 2.79 bits per heavy atom. The lowest BCUT2D eigenvalue weighted by atomic mass is 10.1. The molecule has 0 spiro atoms. The average Bonchev–Trinajstić information content (AvgIpc) is 2.37. The summed E-state index contributed by atoms with van der Waals surface area (Å²) in [6.45, 7) is 4.29. The number of pyridine rings is 1. The number of hydrogen-bond donors (Lipinski definition) is 1. The molecule has 1 aromatic heterocycles. The summed E-state index contributed by atoms with van der Waals surface area (Å²) in [5, 5.41) is 13.9. The molecular weight excluding hydrogens is 242 g/mol. The molecule has 0 atom stereocenters. The monoisotopic (exact) mass is 257 g/mol. The highest BCUT2D eigenvalue weighted by atomic mass is 16.6. The second kappa shape index (κ2) is 5.48. The van der Waals surface area contributed by atoms with E-state index in [-0.39, 0.29) is 5.69 Å². The van der Waals surface area contributed by atoms with Crippen LogP contribution in [0.4, 0.5) is 11.5 Å². The first-order chi connectivity index (χ1) is 9.06. The van der Waals surface area contributed by atoms with Crippen LogP contribution in [0.15, 0.2) is 36.5 Å². The number of nitro groups is 1. The minimum Gasteiger partial charge on any atom is -0.366 e. The van der Waals surface area contributed by atoms with Crippen molar-refractivity contribution >= 4 is 11.5 Å². The predicted octanol–water partition coefficient (Wildman–Crippen LogP) is 3.22. The van der Waals surface area contributed by atoms with Crippen LogP contribution in [0.25, 0.3) is 0 Å². The van der Waals surface area contributed by atoms with Gasteiger partial charge in [-0.3, -0.25) is 10.1 Å². The van der Waals surface area contributed by atoms with Crippen LogP contribution < -0.4 is 5.32 Å². The zero-order chi connectivity index (χ0) is 13.8. The van der Waals surface area contributed by atoms with Crippen molar-refractivity contribution in [2.45, 2.75) is 20.4 Å². The molecule has 2 rings (SSSR count). The summed E-state index contributed by atoms with van der Waals surface area (Å²) < 4.78 is 0. The predicted molar refractivity (Wildman–Crippen MR) is 74.1 cm³/mol. The van der Waals surface area contributed by atoms with E-state index in [1.807, 2.05) is 25.1 Å². The number of benzene rings is 1. The molecule has 98 valence electrons. The average molecular weight is 257 g/mol. The van der Waals surface area contributed by atoms with E-state index in [1.165, 1.54) is 17.8 Å². The van der Waals surface area contributed by atoms with Gasteiger partial charge in [0.25, 0.3) is 5.69 Å². The molecule has 5 nitrogen and oxygen atoms in total. The van der Waals surface area contributed by atoms with Crippen LogP contribution in [-0.2, 0) is 6.54 Å². The first-order valence-corrected chi connectivity index (χ1v) is 5.97. The van der Waals surface area contributed by atoms with Crippen molar-refractivity contribution in [2.75, 3.05) is 5.32 Å². The quantitative estimate of drug-likeness (QED) is 0.674. The standard InChI is InChI=1S/C14H15N3O2/c1-10-4-3-5-12(6-10)9-16-14-7-13(17(18)19)11(2)8-15-14/h3-8H,9H2,1-2H3,(H,15,16). The maximum atomic E-state index is 10.8. The van der Waals surface area contributed by atoms with E-state index in [4.69, 9.17) is 0 Å². The minimum atomic E-state index is -0.394. The van der Waals surface area contributed by atoms with Crippen molar-refractivity contribution in [1.29, 1.82) is 0 Å². The van der Waals surface area contributed by atoms with Gasteiger partial charge in [0.05, 0.1) is 11.0 Å². The molecule has 0 unspecified atom stereocenters. The molecule has 1 N–H and O–H groups in total. The summed E-state index contributed by atoms with van der Waals surface area (Å²) in [7, 11) is 0. The van der Waals surface area contributed by atoms with Crippen molar-refractivity contribution in [2.24, 2.45) is 0 Å². The molecule has 2 aromatic rings. The highest BCUT2D eigenvalue weighted by molar-refractivity contribution is 5.49. The summed E-state index contributed by atoms with van der Waals surface area (Å²) in [6.07, 6.45) is 1.51. The third kappa shape index (κ3) is 3.28. The molecule has 0 aliphatic heterocycles. The fraction of sp³-hybridized carbons (Fsp3) is 0.214. The highest BCUT2D eigenvalue weighted by Crippen LogP contribution is 2.20. The Kier molecular flexibility index (Phi) is 3.75. The topological polar surface area (TPSA) is 68.1 Å². The smallest absolute Gasteiger partial charge is 0.277 e. The van der Waals surface area contributed by atoms with Crippen molar-refractivity contribution in [1.82, 2.24) is 4.98 Å². The lowest BCUT2D eigenvalue weighted by Gasteiger charge is -2.07. The first kappa shape index (κ1) is 13.0. The molecule has 0 aliphatic carbocycles. The Labute approximate surface area is 111 Å². The van der Waals surface area contributed by atoms with Gasteiger partial charge in [-0.2, -0.15) is 0 Å². The van der Waals surface area contributed by atoms with Gasteiger partial charge in [0.2, 0.25) is 0 Å². The molecule has 1 aromatic carbocycles. The van der Waals surface area contributed by atoms with Crippen molar-refractivity contribution in [3.8, 4) is 0 Å². The largest absolute Gasteiger partial charge is 0.366 e. The lowest BCUT2D eigenvalue weighted by Crippen LogP contribution is -2.03. The van der Waals surface area contributed by atoms with E-state index >= 15 is 0 Å². The zero-order valence-electron chi connectivity index (χ0n) is 10.9. The van der Waals surface area contributed by atoms with E-state index in [0.717, 1.165) is 5.56 Å². The third-order valence-electron chi connectivity index (χ3n) is 2.83. The van der Waals surface area contributed by atoms with Crippen LogP contribution >= 0.6 is 0 Å². The highest BCUT2D eigenvalue weighted by Gasteiger charge is 2.11. The number of anilines is 1. The summed E-state index contributed by atoms with van der Waals surface area (Å²) in [5.41, 5.74) is 2.94. The summed E-state index contributed by atoms with van der Waals surface area (Å²) in [6, 6.07) is 9.54. The third-order valence-corrected chi connectivity index (χ3v) is 2.83. The van der Waals surface area contributed by atoms with Crippen LogP contribution in [0.3, 0.4) is 0 Å². The van der Waals surface area contributed by atoms with E-state index in [2.05, 4.69) is 16.4 Å². The normalized spacial score (nSPS) is 10.2. The number of hydrogen-bond acceptors (Lipinski definition) is 4. The summed E-state index contributed by atoms with van der Waals surface area (Å²) in [4.78, 5) is 14.6. The Balaban J connectivity index is 2.12. The second-order valence-electron chi connectivity index (χ2n) is 4.46. The second-order valence-corrected chi connectivity index (χ2v) is 4.46. The van der Waals surface area contributed by atoms with Gasteiger partial charge in [-0.25, -0.2) is 4.98 Å². The van der Waals surface area contributed by atoms with Crippen molar-refractivity contribution < 1.29 is 4.92 Å². The van der Waals surface area contributed by atoms with Crippen LogP contribution in [-0.4, -0.2) is 9.91 Å². The van der Waals surface area contributed by atoms with E-state index < -0.39 is 4.92 Å². The fourth-order valence-electron chi connectivity index (χ4n) is 1.82. The van der Waals surface area contributed by atoms with E-state index in [0.29, 0.717) is 17.9 Å². The molecule has 0 amide bonds. The molecule has 0 saturated carbocycles. The molecule has 1 heterocycles. The lowest BCUT2D eigenvalue weighted by molar-refractivity contribution is -0.385. The van der Waals surface area contributed by atoms with Crippen LogP contribution in [0.2, 0.25) is 0 Å². The molecule has 5 heteroatoms. The van der Waals surface area contributed by atoms with Gasteiger partial charge in [-0.05, 0) is 19.4 Å². The van der Waals surface area contributed by atoms with Gasteiger partial charge in [-0.1, -0.05) is 29.8 Å². The Morgan fingerprint density at radius 2 is 2.11 bits per heavy atom. The van der Waals surface area contributed by atoms with E-state index in [1.54, 1.807) is 6.92 Å². The van der Waals surface area contributed by atoms with Crippen LogP contribution in [0.5, 0.6) is 0 Å². The molecule has 0 radical (unpaired) electrons. The molecular formula is C14H15N3O2. The number of rotatable bonds is 4. The van der Waals surface area contributed by atoms with Crippen molar-refractivity contribution in [3.05, 3.63) is 63.3 Å². The summed E-state index contributed by atoms with van der Waals surface area (Å²) in [5.74, 6) is 0.513. The zero-order valence-corrected chi connectivity index (χ0v) is 10.9. The Hall–Kier alpha value is -2.43. The van der Waals surface area contributed by atoms with Gasteiger partial charge in [0.15, 0.2) is 0 Å². The number of aryl methyl sites for hydroxylation is 2. The molecule has 19 heavy (non-hydrogen) atoms. The molecule has 0 fully saturated rings. The van der Waals surface area contributed by atoms with Gasteiger partial charge in [0, 0.05) is 18.3 Å². The number of nitrogens with zero attached hydrogens (tertiary/aromatic N) is 2. The summed E-state index contributed by atoms with van der Waals surface area (Å²) >= 11 is 0. The number of nitrogens with one attached hydrogen (secondary N) is 1. The maximum absolute atomic E-state index is 10.8. The van der Waals surface area contributed by atoms with Gasteiger partial charge in [0.1, 0.15) is 5.82 Å². The molecule has 0 saturated heterocycles. The maximum Gasteiger partial charge on any atom is 0.277 e. The molecule has 0 bridgehead atoms. The number of aromatic nitrogens is 1. The van der Waals surface area contributed by atoms with Gasteiger partial charge in [-0.15, -0.1) is 0 Å². The Bertz CT molecular complexity index is 611. The molecule has 0 aliphatic rings. The first-order valence-electron chi connectivity index (χ1n) is 5.97. The van der Waals surface area contributed by atoms with Crippen molar-refractivity contribution in [3.63, 3.8) is 0 Å².